The molecule has 0 aliphatic carbocycles. The first-order chi connectivity index (χ1) is 37.2. The summed E-state index contributed by atoms with van der Waals surface area (Å²) in [4.78, 5) is 13.2. The molecule has 8 N–H and O–H groups in total. The molecule has 0 aromatic rings. The molecule has 1 saturated heterocycles. The van der Waals surface area contributed by atoms with Gasteiger partial charge in [0.15, 0.2) is 6.29 Å². The number of aliphatic hydroxyl groups excluding tert-OH is 7. The molecule has 1 aliphatic rings. The van der Waals surface area contributed by atoms with E-state index in [2.05, 4.69) is 31.3 Å². The van der Waals surface area contributed by atoms with Crippen LogP contribution in [0.2, 0.25) is 0 Å². The lowest BCUT2D eigenvalue weighted by Gasteiger charge is -2.40. The number of allylic oxidation sites excluding steroid dienone is 2. The Morgan fingerprint density at radius 1 is 0.447 bits per heavy atom. The SMILES string of the molecule is CCCCCCCCCCCCCCCCCCCCCCCCCCCCC/C=C/CCCC(O)C(O)C(COC1OC(CO)C(O)C(O)C1O)NC(=O)C(O)CCCCCCCCCCCCCCCCCCC. The van der Waals surface area contributed by atoms with Gasteiger partial charge in [0.1, 0.15) is 36.6 Å². The lowest BCUT2D eigenvalue weighted by molar-refractivity contribution is -0.303. The topological polar surface area (TPSA) is 189 Å². The number of nitrogens with one attached hydrogen (secondary N) is 1. The fourth-order valence-corrected chi connectivity index (χ4v) is 11.0. The zero-order chi connectivity index (χ0) is 55.4. The van der Waals surface area contributed by atoms with Crippen LogP contribution in [0.15, 0.2) is 12.2 Å². The Labute approximate surface area is 468 Å². The maximum absolute atomic E-state index is 13.2. The summed E-state index contributed by atoms with van der Waals surface area (Å²) in [6.07, 6.45) is 54.4. The molecule has 9 unspecified atom stereocenters. The molecule has 0 aromatic carbocycles. The first-order valence-corrected chi connectivity index (χ1v) is 33.1. The van der Waals surface area contributed by atoms with Crippen LogP contribution in [-0.4, -0.2) is 110 Å². The van der Waals surface area contributed by atoms with Crippen LogP contribution in [-0.2, 0) is 14.3 Å². The molecule has 1 amide bonds. The van der Waals surface area contributed by atoms with Gasteiger partial charge in [-0.15, -0.1) is 0 Å². The predicted octanol–water partition coefficient (Wildman–Crippen LogP) is 15.1. The molecule has 0 radical (unpaired) electrons. The number of hydrogen-bond donors (Lipinski definition) is 8. The molecule has 0 spiro atoms. The number of ether oxygens (including phenoxy) is 2. The van der Waals surface area contributed by atoms with Gasteiger partial charge in [-0.05, 0) is 38.5 Å². The second kappa shape index (κ2) is 54.4. The first kappa shape index (κ1) is 72.9. The van der Waals surface area contributed by atoms with Crippen molar-refractivity contribution in [1.82, 2.24) is 5.32 Å². The Kier molecular flexibility index (Phi) is 52.2. The number of carbonyl (C=O) groups excluding carboxylic acids is 1. The number of hydrogen-bond acceptors (Lipinski definition) is 10. The highest BCUT2D eigenvalue weighted by atomic mass is 16.7. The van der Waals surface area contributed by atoms with Crippen LogP contribution in [0.3, 0.4) is 0 Å². The number of amides is 1. The predicted molar refractivity (Wildman–Crippen MR) is 316 cm³/mol. The smallest absolute Gasteiger partial charge is 0.249 e. The summed E-state index contributed by atoms with van der Waals surface area (Å²) in [5.74, 6) is -0.700. The van der Waals surface area contributed by atoms with Crippen molar-refractivity contribution in [3.63, 3.8) is 0 Å². The van der Waals surface area contributed by atoms with Gasteiger partial charge in [-0.1, -0.05) is 302 Å². The second-order valence-corrected chi connectivity index (χ2v) is 23.5. The number of carbonyl (C=O) groups is 1. The fourth-order valence-electron chi connectivity index (χ4n) is 11.0. The van der Waals surface area contributed by atoms with Crippen LogP contribution in [0, 0.1) is 0 Å². The molecule has 0 bridgehead atoms. The van der Waals surface area contributed by atoms with E-state index in [9.17, 15) is 40.5 Å². The summed E-state index contributed by atoms with van der Waals surface area (Å²) < 4.78 is 11.2. The molecule has 76 heavy (non-hydrogen) atoms. The van der Waals surface area contributed by atoms with Crippen LogP contribution in [0.5, 0.6) is 0 Å². The Morgan fingerprint density at radius 2 is 0.776 bits per heavy atom. The van der Waals surface area contributed by atoms with E-state index in [0.717, 1.165) is 32.1 Å². The molecule has 1 rings (SSSR count). The fraction of sp³-hybridized carbons (Fsp3) is 0.954. The molecule has 11 heteroatoms. The van der Waals surface area contributed by atoms with E-state index < -0.39 is 74.2 Å². The van der Waals surface area contributed by atoms with Gasteiger partial charge in [-0.3, -0.25) is 4.79 Å². The highest BCUT2D eigenvalue weighted by molar-refractivity contribution is 5.80. The number of rotatable bonds is 58. The standard InChI is InChI=1S/C65H127NO10/c1-3-5-7-9-11-13-15-17-19-21-22-23-24-25-26-27-28-29-30-31-32-33-34-35-37-38-40-42-44-46-48-50-52-57(68)60(70)56(55-75-65-63(73)62(72)61(71)59(54-67)76-65)66-64(74)58(69)53-51-49-47-45-43-41-39-36-20-18-16-14-12-10-8-6-4-2/h44,46,56-63,65,67-73H,3-43,45,47-55H2,1-2H3,(H,66,74)/b46-44+. The Hall–Kier alpha value is -1.15. The van der Waals surface area contributed by atoms with Gasteiger partial charge >= 0.3 is 0 Å². The Balaban J connectivity index is 2.20. The third kappa shape index (κ3) is 41.8. The zero-order valence-electron chi connectivity index (χ0n) is 49.8. The van der Waals surface area contributed by atoms with Crippen molar-refractivity contribution in [3.05, 3.63) is 12.2 Å². The van der Waals surface area contributed by atoms with Gasteiger partial charge in [0.25, 0.3) is 0 Å². The average Bonchev–Trinajstić information content (AvgIpc) is 3.42. The Morgan fingerprint density at radius 3 is 1.13 bits per heavy atom. The normalized spacial score (nSPS) is 19.6. The van der Waals surface area contributed by atoms with Crippen molar-refractivity contribution in [2.24, 2.45) is 0 Å². The summed E-state index contributed by atoms with van der Waals surface area (Å²) in [6, 6.07) is -1.18. The van der Waals surface area contributed by atoms with E-state index in [1.165, 1.54) is 257 Å². The zero-order valence-corrected chi connectivity index (χ0v) is 49.8. The summed E-state index contributed by atoms with van der Waals surface area (Å²) in [6.45, 7) is 3.49. The van der Waals surface area contributed by atoms with Crippen molar-refractivity contribution in [3.8, 4) is 0 Å². The van der Waals surface area contributed by atoms with Gasteiger partial charge in [-0.25, -0.2) is 0 Å². The molecule has 0 aromatic heterocycles. The monoisotopic (exact) mass is 1080 g/mol. The number of unbranched alkanes of at least 4 members (excludes halogenated alkanes) is 44. The minimum absolute atomic E-state index is 0.259. The highest BCUT2D eigenvalue weighted by Gasteiger charge is 2.44. The third-order valence-corrected chi connectivity index (χ3v) is 16.3. The molecule has 1 fully saturated rings. The van der Waals surface area contributed by atoms with E-state index in [1.54, 1.807) is 0 Å². The van der Waals surface area contributed by atoms with E-state index in [0.29, 0.717) is 12.8 Å². The van der Waals surface area contributed by atoms with Crippen LogP contribution < -0.4 is 5.32 Å². The highest BCUT2D eigenvalue weighted by Crippen LogP contribution is 2.24. The van der Waals surface area contributed by atoms with Gasteiger partial charge in [-0.2, -0.15) is 0 Å². The van der Waals surface area contributed by atoms with E-state index in [-0.39, 0.29) is 12.8 Å². The minimum atomic E-state index is -1.67. The van der Waals surface area contributed by atoms with Gasteiger partial charge in [0.2, 0.25) is 5.91 Å². The average molecular weight is 1080 g/mol. The van der Waals surface area contributed by atoms with Crippen molar-refractivity contribution in [1.29, 1.82) is 0 Å². The van der Waals surface area contributed by atoms with Crippen molar-refractivity contribution in [2.45, 2.75) is 384 Å². The van der Waals surface area contributed by atoms with Crippen LogP contribution in [0.4, 0.5) is 0 Å². The van der Waals surface area contributed by atoms with Crippen LogP contribution in [0.25, 0.3) is 0 Å². The minimum Gasteiger partial charge on any atom is -0.394 e. The summed E-state index contributed by atoms with van der Waals surface area (Å²) in [7, 11) is 0. The summed E-state index contributed by atoms with van der Waals surface area (Å²) >= 11 is 0. The molecule has 9 atom stereocenters. The molecule has 0 saturated carbocycles. The maximum atomic E-state index is 13.2. The molecule has 452 valence electrons. The van der Waals surface area contributed by atoms with Gasteiger partial charge < -0.3 is 50.5 Å². The van der Waals surface area contributed by atoms with Crippen LogP contribution in [0.1, 0.15) is 328 Å². The van der Waals surface area contributed by atoms with Crippen LogP contribution >= 0.6 is 0 Å². The lowest BCUT2D eigenvalue weighted by atomic mass is 9.98. The molecule has 1 aliphatic heterocycles. The summed E-state index contributed by atoms with van der Waals surface area (Å²) in [5, 5.41) is 76.3. The lowest BCUT2D eigenvalue weighted by Crippen LogP contribution is -2.60. The Bertz CT molecular complexity index is 1240. The van der Waals surface area contributed by atoms with E-state index in [1.807, 2.05) is 0 Å². The van der Waals surface area contributed by atoms with Crippen molar-refractivity contribution >= 4 is 5.91 Å². The third-order valence-electron chi connectivity index (χ3n) is 16.3. The summed E-state index contributed by atoms with van der Waals surface area (Å²) in [5.41, 5.74) is 0. The van der Waals surface area contributed by atoms with Crippen molar-refractivity contribution in [2.75, 3.05) is 13.2 Å². The largest absolute Gasteiger partial charge is 0.394 e. The van der Waals surface area contributed by atoms with E-state index in [4.69, 9.17) is 9.47 Å². The van der Waals surface area contributed by atoms with E-state index >= 15 is 0 Å². The molecule has 1 heterocycles. The number of aliphatic hydroxyl groups is 7. The quantitative estimate of drug-likeness (QED) is 0.0215. The second-order valence-electron chi connectivity index (χ2n) is 23.5. The molecular formula is C65H127NO10. The van der Waals surface area contributed by atoms with Gasteiger partial charge in [0, 0.05) is 0 Å². The van der Waals surface area contributed by atoms with Crippen molar-refractivity contribution < 1.29 is 50.0 Å². The molecular weight excluding hydrogens is 955 g/mol. The maximum Gasteiger partial charge on any atom is 0.249 e. The van der Waals surface area contributed by atoms with Gasteiger partial charge in [0.05, 0.1) is 25.4 Å². The molecule has 11 nitrogen and oxygen atoms in total. The first-order valence-electron chi connectivity index (χ1n) is 33.1.